The third-order valence-electron chi connectivity index (χ3n) is 3.79. The van der Waals surface area contributed by atoms with Gasteiger partial charge in [-0.3, -0.25) is 5.43 Å². The number of nitrogens with zero attached hydrogens (tertiary/aromatic N) is 1. The molecule has 0 spiro atoms. The van der Waals surface area contributed by atoms with Gasteiger partial charge in [-0.05, 0) is 73.2 Å². The fourth-order valence-electron chi connectivity index (χ4n) is 2.32. The fraction of sp³-hybridized carbons (Fsp3) is 0.0455. The summed E-state index contributed by atoms with van der Waals surface area (Å²) in [6, 6.07) is 23.9. The van der Waals surface area contributed by atoms with Gasteiger partial charge in [0, 0.05) is 5.69 Å². The second kappa shape index (κ2) is 9.43. The van der Waals surface area contributed by atoms with Crippen LogP contribution in [-0.2, 0) is 0 Å². The van der Waals surface area contributed by atoms with E-state index in [2.05, 4.69) is 15.8 Å². The molecule has 0 fully saturated rings. The highest BCUT2D eigenvalue weighted by Gasteiger charge is 2.07. The van der Waals surface area contributed by atoms with Gasteiger partial charge in [0.2, 0.25) is 0 Å². The van der Waals surface area contributed by atoms with Crippen molar-refractivity contribution in [2.24, 2.45) is 5.10 Å². The Morgan fingerprint density at radius 2 is 1.64 bits per heavy atom. The first-order chi connectivity index (χ1) is 13.6. The number of carbonyl (C=O) groups excluding carboxylic acids is 1. The van der Waals surface area contributed by atoms with Gasteiger partial charge in [0.15, 0.2) is 5.11 Å². The van der Waals surface area contributed by atoms with Gasteiger partial charge >= 0.3 is 5.97 Å². The molecule has 3 aromatic carbocycles. The van der Waals surface area contributed by atoms with Gasteiger partial charge in [0.1, 0.15) is 5.75 Å². The summed E-state index contributed by atoms with van der Waals surface area (Å²) in [7, 11) is 0. The van der Waals surface area contributed by atoms with Crippen LogP contribution in [0, 0.1) is 6.92 Å². The summed E-state index contributed by atoms with van der Waals surface area (Å²) in [6.45, 7) is 1.97. The molecule has 0 aliphatic heterocycles. The SMILES string of the molecule is Cc1ccc(C(=O)Oc2ccc(/C=N\NC(=S)Nc3ccccc3)cc2)cc1. The number of carbonyl (C=O) groups is 1. The van der Waals surface area contributed by atoms with Crippen molar-refractivity contribution in [3.63, 3.8) is 0 Å². The molecule has 6 heteroatoms. The van der Waals surface area contributed by atoms with Crippen LogP contribution in [0.1, 0.15) is 21.5 Å². The number of rotatable bonds is 5. The van der Waals surface area contributed by atoms with Crippen LogP contribution in [0.25, 0.3) is 0 Å². The Balaban J connectivity index is 1.51. The van der Waals surface area contributed by atoms with Gasteiger partial charge in [-0.2, -0.15) is 5.10 Å². The maximum atomic E-state index is 12.1. The van der Waals surface area contributed by atoms with E-state index in [1.165, 1.54) is 0 Å². The fourth-order valence-corrected chi connectivity index (χ4v) is 2.49. The van der Waals surface area contributed by atoms with Crippen molar-refractivity contribution in [3.8, 4) is 5.75 Å². The first-order valence-electron chi connectivity index (χ1n) is 8.64. The number of thiocarbonyl (C=S) groups is 1. The van der Waals surface area contributed by atoms with Gasteiger partial charge in [0.05, 0.1) is 11.8 Å². The molecular weight excluding hydrogens is 370 g/mol. The smallest absolute Gasteiger partial charge is 0.343 e. The van der Waals surface area contributed by atoms with Crippen LogP contribution in [0.5, 0.6) is 5.75 Å². The number of nitrogens with one attached hydrogen (secondary N) is 2. The van der Waals surface area contributed by atoms with Crippen molar-refractivity contribution in [2.45, 2.75) is 6.92 Å². The van der Waals surface area contributed by atoms with Crippen molar-refractivity contribution < 1.29 is 9.53 Å². The lowest BCUT2D eigenvalue weighted by atomic mass is 10.1. The van der Waals surface area contributed by atoms with Crippen LogP contribution in [0.4, 0.5) is 5.69 Å². The van der Waals surface area contributed by atoms with E-state index >= 15 is 0 Å². The zero-order chi connectivity index (χ0) is 19.8. The minimum Gasteiger partial charge on any atom is -0.423 e. The van der Waals surface area contributed by atoms with E-state index in [9.17, 15) is 4.79 Å². The molecular formula is C22H19N3O2S. The van der Waals surface area contributed by atoms with Gasteiger partial charge in [-0.25, -0.2) is 4.79 Å². The van der Waals surface area contributed by atoms with Crippen molar-refractivity contribution >= 4 is 35.2 Å². The Bertz CT molecular complexity index is 969. The van der Waals surface area contributed by atoms with E-state index in [-0.39, 0.29) is 5.97 Å². The Morgan fingerprint density at radius 3 is 2.32 bits per heavy atom. The highest BCUT2D eigenvalue weighted by molar-refractivity contribution is 7.80. The molecule has 2 N–H and O–H groups in total. The molecule has 0 unspecified atom stereocenters. The Morgan fingerprint density at radius 1 is 0.964 bits per heavy atom. The van der Waals surface area contributed by atoms with Crippen LogP contribution < -0.4 is 15.5 Å². The number of hydrazone groups is 1. The lowest BCUT2D eigenvalue weighted by Gasteiger charge is -2.06. The van der Waals surface area contributed by atoms with E-state index < -0.39 is 0 Å². The summed E-state index contributed by atoms with van der Waals surface area (Å²) in [4.78, 5) is 12.1. The minimum atomic E-state index is -0.389. The third kappa shape index (κ3) is 5.75. The predicted octanol–water partition coefficient (Wildman–Crippen LogP) is 4.53. The number of hydrogen-bond donors (Lipinski definition) is 2. The minimum absolute atomic E-state index is 0.389. The van der Waals surface area contributed by atoms with E-state index in [1.807, 2.05) is 49.4 Å². The van der Waals surface area contributed by atoms with Crippen molar-refractivity contribution in [2.75, 3.05) is 5.32 Å². The number of aryl methyl sites for hydroxylation is 1. The summed E-state index contributed by atoms with van der Waals surface area (Å²) in [5.74, 6) is 0.0809. The van der Waals surface area contributed by atoms with Crippen molar-refractivity contribution in [3.05, 3.63) is 95.6 Å². The highest BCUT2D eigenvalue weighted by Crippen LogP contribution is 2.14. The zero-order valence-corrected chi connectivity index (χ0v) is 16.1. The lowest BCUT2D eigenvalue weighted by Crippen LogP contribution is -2.23. The molecule has 0 aliphatic rings. The van der Waals surface area contributed by atoms with Crippen molar-refractivity contribution in [1.29, 1.82) is 0 Å². The Hall–Kier alpha value is -3.51. The quantitative estimate of drug-likeness (QED) is 0.221. The van der Waals surface area contributed by atoms with Crippen LogP contribution in [-0.4, -0.2) is 17.3 Å². The number of hydrogen-bond acceptors (Lipinski definition) is 4. The van der Waals surface area contributed by atoms with Crippen LogP contribution in [0.2, 0.25) is 0 Å². The lowest BCUT2D eigenvalue weighted by molar-refractivity contribution is 0.0735. The van der Waals surface area contributed by atoms with Gasteiger partial charge in [-0.1, -0.05) is 35.9 Å². The topological polar surface area (TPSA) is 62.7 Å². The highest BCUT2D eigenvalue weighted by atomic mass is 32.1. The second-order valence-corrected chi connectivity index (χ2v) is 6.42. The first kappa shape index (κ1) is 19.3. The van der Waals surface area contributed by atoms with E-state index in [0.717, 1.165) is 16.8 Å². The van der Waals surface area contributed by atoms with Crippen molar-refractivity contribution in [1.82, 2.24) is 5.43 Å². The van der Waals surface area contributed by atoms with Gasteiger partial charge in [-0.15, -0.1) is 0 Å². The summed E-state index contributed by atoms with van der Waals surface area (Å²) >= 11 is 5.18. The third-order valence-corrected chi connectivity index (χ3v) is 3.98. The molecule has 0 aromatic heterocycles. The molecule has 0 saturated heterocycles. The average Bonchev–Trinajstić information content (AvgIpc) is 2.70. The normalized spacial score (nSPS) is 10.5. The maximum Gasteiger partial charge on any atom is 0.343 e. The molecule has 0 aliphatic carbocycles. The van der Waals surface area contributed by atoms with E-state index in [4.69, 9.17) is 17.0 Å². The number of esters is 1. The van der Waals surface area contributed by atoms with E-state index in [1.54, 1.807) is 42.6 Å². The Labute approximate surface area is 169 Å². The molecule has 140 valence electrons. The standard InChI is InChI=1S/C22H19N3O2S/c1-16-7-11-18(12-8-16)21(26)27-20-13-9-17(10-14-20)15-23-25-22(28)24-19-5-3-2-4-6-19/h2-15H,1H3,(H2,24,25,28)/b23-15-. The number of ether oxygens (including phenoxy) is 1. The van der Waals surface area contributed by atoms with Crippen LogP contribution in [0.3, 0.4) is 0 Å². The molecule has 0 atom stereocenters. The monoisotopic (exact) mass is 389 g/mol. The summed E-state index contributed by atoms with van der Waals surface area (Å²) in [5.41, 5.74) is 6.08. The molecule has 3 rings (SSSR count). The van der Waals surface area contributed by atoms with Gasteiger partial charge in [0.25, 0.3) is 0 Å². The second-order valence-electron chi connectivity index (χ2n) is 6.01. The molecule has 0 bridgehead atoms. The van der Waals surface area contributed by atoms with E-state index in [0.29, 0.717) is 16.4 Å². The number of para-hydroxylation sites is 1. The average molecular weight is 389 g/mol. The van der Waals surface area contributed by atoms with Gasteiger partial charge < -0.3 is 10.1 Å². The number of anilines is 1. The van der Waals surface area contributed by atoms with Crippen LogP contribution >= 0.6 is 12.2 Å². The largest absolute Gasteiger partial charge is 0.423 e. The molecule has 28 heavy (non-hydrogen) atoms. The molecule has 0 radical (unpaired) electrons. The summed E-state index contributed by atoms with van der Waals surface area (Å²) in [6.07, 6.45) is 1.63. The Kier molecular flexibility index (Phi) is 6.49. The zero-order valence-electron chi connectivity index (χ0n) is 15.3. The van der Waals surface area contributed by atoms with Crippen LogP contribution in [0.15, 0.2) is 84.0 Å². The molecule has 5 nitrogen and oxygen atoms in total. The summed E-state index contributed by atoms with van der Waals surface area (Å²) in [5, 5.41) is 7.52. The molecule has 0 amide bonds. The maximum absolute atomic E-state index is 12.1. The number of benzene rings is 3. The first-order valence-corrected chi connectivity index (χ1v) is 9.05. The molecule has 0 heterocycles. The predicted molar refractivity (Wildman–Crippen MR) is 116 cm³/mol. The summed E-state index contributed by atoms with van der Waals surface area (Å²) < 4.78 is 5.37. The molecule has 0 saturated carbocycles. The molecule has 3 aromatic rings.